The summed E-state index contributed by atoms with van der Waals surface area (Å²) in [6, 6.07) is -0.267. The average Bonchev–Trinajstić information content (AvgIpc) is 2.73. The first-order chi connectivity index (χ1) is 10.7. The molecule has 0 bridgehead atoms. The molecule has 2 heterocycles. The molecule has 0 radical (unpaired) electrons. The van der Waals surface area contributed by atoms with Gasteiger partial charge in [-0.05, 0) is 42.9 Å². The summed E-state index contributed by atoms with van der Waals surface area (Å²) in [4.78, 5) is 29.1. The number of amides is 2. The van der Waals surface area contributed by atoms with Crippen LogP contribution in [0.4, 0.5) is 0 Å². The summed E-state index contributed by atoms with van der Waals surface area (Å²) < 4.78 is 0. The summed E-state index contributed by atoms with van der Waals surface area (Å²) in [5, 5.41) is 0. The highest BCUT2D eigenvalue weighted by Crippen LogP contribution is 2.34. The Balaban J connectivity index is 2.07. The summed E-state index contributed by atoms with van der Waals surface area (Å²) >= 11 is 0. The zero-order valence-electron chi connectivity index (χ0n) is 15.6. The maximum Gasteiger partial charge on any atom is 0.245 e. The third kappa shape index (κ3) is 4.27. The molecule has 2 aliphatic rings. The summed E-state index contributed by atoms with van der Waals surface area (Å²) in [6.07, 6.45) is 4.84. The Kier molecular flexibility index (Phi) is 5.74. The van der Waals surface area contributed by atoms with E-state index in [1.165, 1.54) is 6.42 Å². The average molecular weight is 322 g/mol. The number of likely N-dealkylation sites (tertiary alicyclic amines) is 2. The quantitative estimate of drug-likeness (QED) is 0.800. The van der Waals surface area contributed by atoms with Crippen LogP contribution >= 0.6 is 0 Å². The second-order valence-electron chi connectivity index (χ2n) is 8.70. The second kappa shape index (κ2) is 7.23. The van der Waals surface area contributed by atoms with Crippen LogP contribution in [0.2, 0.25) is 0 Å². The molecule has 0 aromatic heterocycles. The maximum absolute atomic E-state index is 13.1. The predicted octanol–water partition coefficient (Wildman–Crippen LogP) is 3.31. The third-order valence-electron chi connectivity index (χ3n) is 5.59. The molecule has 0 N–H and O–H groups in total. The molecule has 0 spiro atoms. The van der Waals surface area contributed by atoms with Crippen molar-refractivity contribution in [3.8, 4) is 0 Å². The molecular weight excluding hydrogens is 288 g/mol. The van der Waals surface area contributed by atoms with Crippen molar-refractivity contribution in [2.45, 2.75) is 72.8 Å². The zero-order valence-corrected chi connectivity index (χ0v) is 15.6. The van der Waals surface area contributed by atoms with Gasteiger partial charge in [0.05, 0.1) is 0 Å². The Hall–Kier alpha value is -1.06. The minimum atomic E-state index is -0.267. The monoisotopic (exact) mass is 322 g/mol. The Morgan fingerprint density at radius 3 is 2.30 bits per heavy atom. The van der Waals surface area contributed by atoms with Crippen LogP contribution in [0.15, 0.2) is 0 Å². The van der Waals surface area contributed by atoms with Gasteiger partial charge in [-0.3, -0.25) is 9.59 Å². The van der Waals surface area contributed by atoms with E-state index in [0.717, 1.165) is 38.9 Å². The predicted molar refractivity (Wildman–Crippen MR) is 92.9 cm³/mol. The van der Waals surface area contributed by atoms with Crippen molar-refractivity contribution < 1.29 is 9.59 Å². The molecule has 2 rings (SSSR count). The molecule has 0 aromatic rings. The molecule has 132 valence electrons. The van der Waals surface area contributed by atoms with Crippen LogP contribution in [0.25, 0.3) is 0 Å². The smallest absolute Gasteiger partial charge is 0.245 e. The summed E-state index contributed by atoms with van der Waals surface area (Å²) in [5.74, 6) is 1.17. The molecule has 2 aliphatic heterocycles. The first-order valence-electron chi connectivity index (χ1n) is 9.30. The standard InChI is InChI=1S/C19H34N2O2/c1-14(2)17(21-12-7-9-16(21)22)18(23)20-11-6-8-15(10-13-20)19(3,4)5/h14-15,17H,6-13H2,1-5H3/t15-,17-/m1/s1. The van der Waals surface area contributed by atoms with Gasteiger partial charge in [-0.2, -0.15) is 0 Å². The Bertz CT molecular complexity index is 439. The molecule has 4 heteroatoms. The summed E-state index contributed by atoms with van der Waals surface area (Å²) in [7, 11) is 0. The van der Waals surface area contributed by atoms with Gasteiger partial charge in [-0.1, -0.05) is 34.6 Å². The highest BCUT2D eigenvalue weighted by Gasteiger charge is 2.38. The van der Waals surface area contributed by atoms with Gasteiger partial charge in [0.2, 0.25) is 11.8 Å². The lowest BCUT2D eigenvalue weighted by Gasteiger charge is -2.34. The van der Waals surface area contributed by atoms with Crippen LogP contribution in [0.3, 0.4) is 0 Å². The Morgan fingerprint density at radius 2 is 1.78 bits per heavy atom. The zero-order chi connectivity index (χ0) is 17.2. The van der Waals surface area contributed by atoms with Crippen LogP contribution in [0.1, 0.15) is 66.7 Å². The normalized spacial score (nSPS) is 25.0. The van der Waals surface area contributed by atoms with Crippen molar-refractivity contribution in [1.82, 2.24) is 9.80 Å². The first-order valence-corrected chi connectivity index (χ1v) is 9.30. The highest BCUT2D eigenvalue weighted by molar-refractivity contribution is 5.88. The number of carbonyl (C=O) groups is 2. The van der Waals surface area contributed by atoms with E-state index in [1.54, 1.807) is 0 Å². The topological polar surface area (TPSA) is 40.6 Å². The molecule has 4 nitrogen and oxygen atoms in total. The van der Waals surface area contributed by atoms with E-state index in [0.29, 0.717) is 17.8 Å². The van der Waals surface area contributed by atoms with E-state index in [9.17, 15) is 9.59 Å². The molecule has 0 aromatic carbocycles. The lowest BCUT2D eigenvalue weighted by molar-refractivity contribution is -0.145. The summed E-state index contributed by atoms with van der Waals surface area (Å²) in [5.41, 5.74) is 0.307. The fourth-order valence-electron chi connectivity index (χ4n) is 4.11. The molecule has 0 aliphatic carbocycles. The maximum atomic E-state index is 13.1. The fourth-order valence-corrected chi connectivity index (χ4v) is 4.11. The van der Waals surface area contributed by atoms with Gasteiger partial charge in [0.1, 0.15) is 6.04 Å². The second-order valence-corrected chi connectivity index (χ2v) is 8.70. The van der Waals surface area contributed by atoms with Gasteiger partial charge in [0.15, 0.2) is 0 Å². The van der Waals surface area contributed by atoms with E-state index >= 15 is 0 Å². The van der Waals surface area contributed by atoms with Crippen LogP contribution in [0, 0.1) is 17.3 Å². The molecular formula is C19H34N2O2. The number of rotatable bonds is 3. The Labute approximate surface area is 141 Å². The number of hydrogen-bond donors (Lipinski definition) is 0. The SMILES string of the molecule is CC(C)[C@H](C(=O)N1CCC[C@@H](C(C)(C)C)CC1)N1CCCC1=O. The summed E-state index contributed by atoms with van der Waals surface area (Å²) in [6.45, 7) is 13.4. The van der Waals surface area contributed by atoms with Crippen molar-refractivity contribution in [2.24, 2.45) is 17.3 Å². The minimum Gasteiger partial charge on any atom is -0.341 e. The van der Waals surface area contributed by atoms with E-state index in [-0.39, 0.29) is 23.8 Å². The van der Waals surface area contributed by atoms with Crippen LogP contribution in [-0.4, -0.2) is 47.3 Å². The van der Waals surface area contributed by atoms with Crippen LogP contribution in [0.5, 0.6) is 0 Å². The number of nitrogens with zero attached hydrogens (tertiary/aromatic N) is 2. The minimum absolute atomic E-state index is 0.152. The van der Waals surface area contributed by atoms with Gasteiger partial charge in [0.25, 0.3) is 0 Å². The molecule has 2 fully saturated rings. The molecule has 23 heavy (non-hydrogen) atoms. The van der Waals surface area contributed by atoms with Gasteiger partial charge in [0, 0.05) is 26.1 Å². The third-order valence-corrected chi connectivity index (χ3v) is 5.59. The van der Waals surface area contributed by atoms with Crippen molar-refractivity contribution >= 4 is 11.8 Å². The van der Waals surface area contributed by atoms with Gasteiger partial charge >= 0.3 is 0 Å². The fraction of sp³-hybridized carbons (Fsp3) is 0.895. The van der Waals surface area contributed by atoms with Gasteiger partial charge in [-0.25, -0.2) is 0 Å². The van der Waals surface area contributed by atoms with Crippen LogP contribution in [-0.2, 0) is 9.59 Å². The van der Waals surface area contributed by atoms with E-state index in [4.69, 9.17) is 0 Å². The first kappa shape index (κ1) is 18.3. The molecule has 0 unspecified atom stereocenters. The van der Waals surface area contributed by atoms with Crippen molar-refractivity contribution in [2.75, 3.05) is 19.6 Å². The van der Waals surface area contributed by atoms with E-state index in [1.807, 2.05) is 9.80 Å². The van der Waals surface area contributed by atoms with Crippen molar-refractivity contribution in [3.05, 3.63) is 0 Å². The van der Waals surface area contributed by atoms with Crippen molar-refractivity contribution in [3.63, 3.8) is 0 Å². The molecule has 2 atom stereocenters. The Morgan fingerprint density at radius 1 is 1.09 bits per heavy atom. The van der Waals surface area contributed by atoms with E-state index < -0.39 is 0 Å². The molecule has 2 amide bonds. The molecule has 2 saturated heterocycles. The lowest BCUT2D eigenvalue weighted by atomic mass is 9.77. The van der Waals surface area contributed by atoms with Gasteiger partial charge in [-0.15, -0.1) is 0 Å². The number of carbonyl (C=O) groups excluding carboxylic acids is 2. The van der Waals surface area contributed by atoms with E-state index in [2.05, 4.69) is 34.6 Å². The van der Waals surface area contributed by atoms with Crippen molar-refractivity contribution in [1.29, 1.82) is 0 Å². The van der Waals surface area contributed by atoms with Crippen LogP contribution < -0.4 is 0 Å². The molecule has 0 saturated carbocycles. The number of hydrogen-bond acceptors (Lipinski definition) is 2. The largest absolute Gasteiger partial charge is 0.341 e. The lowest BCUT2D eigenvalue weighted by Crippen LogP contribution is -2.52. The highest BCUT2D eigenvalue weighted by atomic mass is 16.2. The van der Waals surface area contributed by atoms with Gasteiger partial charge < -0.3 is 9.80 Å².